The SMILES string of the molecule is C[C@@H](c1nc2ccccc2c(=O)[nH]1)N1CCC(C(=O)c2ccccc2)CC1. The molecule has 1 aliphatic heterocycles. The van der Waals surface area contributed by atoms with E-state index in [1.807, 2.05) is 48.5 Å². The summed E-state index contributed by atoms with van der Waals surface area (Å²) in [7, 11) is 0. The maximum atomic E-state index is 12.7. The Balaban J connectivity index is 1.47. The number of likely N-dealkylation sites (tertiary alicyclic amines) is 1. The van der Waals surface area contributed by atoms with Gasteiger partial charge in [0.25, 0.3) is 5.56 Å². The molecule has 1 N–H and O–H groups in total. The van der Waals surface area contributed by atoms with Gasteiger partial charge in [-0.3, -0.25) is 14.5 Å². The van der Waals surface area contributed by atoms with Gasteiger partial charge in [0.15, 0.2) is 5.78 Å². The van der Waals surface area contributed by atoms with Crippen molar-refractivity contribution in [2.24, 2.45) is 5.92 Å². The third kappa shape index (κ3) is 3.55. The highest BCUT2D eigenvalue weighted by atomic mass is 16.1. The van der Waals surface area contributed by atoms with E-state index in [9.17, 15) is 9.59 Å². The molecule has 4 rings (SSSR count). The fourth-order valence-electron chi connectivity index (χ4n) is 3.86. The number of benzene rings is 2. The van der Waals surface area contributed by atoms with E-state index >= 15 is 0 Å². The zero-order chi connectivity index (χ0) is 18.8. The number of carbonyl (C=O) groups excluding carboxylic acids is 1. The Morgan fingerprint density at radius 2 is 1.74 bits per heavy atom. The van der Waals surface area contributed by atoms with Crippen LogP contribution in [-0.2, 0) is 0 Å². The van der Waals surface area contributed by atoms with Crippen LogP contribution in [0.1, 0.15) is 42.0 Å². The summed E-state index contributed by atoms with van der Waals surface area (Å²) in [5.74, 6) is 0.992. The van der Waals surface area contributed by atoms with Gasteiger partial charge in [-0.25, -0.2) is 4.98 Å². The Morgan fingerprint density at radius 1 is 1.07 bits per heavy atom. The van der Waals surface area contributed by atoms with Gasteiger partial charge in [0.1, 0.15) is 5.82 Å². The lowest BCUT2D eigenvalue weighted by molar-refractivity contribution is 0.0796. The van der Waals surface area contributed by atoms with Crippen LogP contribution in [0.4, 0.5) is 0 Å². The second kappa shape index (κ2) is 7.45. The van der Waals surface area contributed by atoms with Crippen molar-refractivity contribution in [3.05, 3.63) is 76.3 Å². The first-order valence-corrected chi connectivity index (χ1v) is 9.46. The van der Waals surface area contributed by atoms with Gasteiger partial charge >= 0.3 is 0 Å². The lowest BCUT2D eigenvalue weighted by atomic mass is 9.88. The van der Waals surface area contributed by atoms with Gasteiger partial charge in [-0.1, -0.05) is 42.5 Å². The molecule has 2 heterocycles. The molecule has 1 saturated heterocycles. The van der Waals surface area contributed by atoms with Gasteiger partial charge in [-0.2, -0.15) is 0 Å². The highest BCUT2D eigenvalue weighted by Gasteiger charge is 2.29. The fraction of sp³-hybridized carbons (Fsp3) is 0.318. The number of piperidine rings is 1. The number of H-pyrrole nitrogens is 1. The second-order valence-corrected chi connectivity index (χ2v) is 7.18. The molecule has 138 valence electrons. The van der Waals surface area contributed by atoms with Crippen molar-refractivity contribution in [3.63, 3.8) is 0 Å². The summed E-state index contributed by atoms with van der Waals surface area (Å²) < 4.78 is 0. The standard InChI is InChI=1S/C22H23N3O2/c1-15(21-23-19-10-6-5-9-18(19)22(27)24-21)25-13-11-17(12-14-25)20(26)16-7-3-2-4-8-16/h2-10,15,17H,11-14H2,1H3,(H,23,24,27)/t15-/m0/s1. The predicted octanol–water partition coefficient (Wildman–Crippen LogP) is 3.58. The Labute approximate surface area is 158 Å². The lowest BCUT2D eigenvalue weighted by Gasteiger charge is -2.35. The van der Waals surface area contributed by atoms with Gasteiger partial charge in [0.05, 0.1) is 16.9 Å². The molecule has 2 aromatic carbocycles. The molecule has 1 aromatic heterocycles. The third-order valence-electron chi connectivity index (χ3n) is 5.53. The molecular weight excluding hydrogens is 338 g/mol. The molecule has 0 amide bonds. The maximum Gasteiger partial charge on any atom is 0.258 e. The number of hydrogen-bond acceptors (Lipinski definition) is 4. The number of Topliss-reactive ketones (excluding diaryl/α,β-unsaturated/α-hetero) is 1. The van der Waals surface area contributed by atoms with Crippen LogP contribution in [0.15, 0.2) is 59.4 Å². The van der Waals surface area contributed by atoms with Gasteiger partial charge in [0, 0.05) is 11.5 Å². The van der Waals surface area contributed by atoms with Gasteiger partial charge in [-0.05, 0) is 45.0 Å². The zero-order valence-electron chi connectivity index (χ0n) is 15.4. The highest BCUT2D eigenvalue weighted by Crippen LogP contribution is 2.27. The van der Waals surface area contributed by atoms with E-state index in [1.54, 1.807) is 6.07 Å². The first-order valence-electron chi connectivity index (χ1n) is 9.46. The number of aromatic nitrogens is 2. The van der Waals surface area contributed by atoms with E-state index < -0.39 is 0 Å². The van der Waals surface area contributed by atoms with Crippen molar-refractivity contribution in [3.8, 4) is 0 Å². The average Bonchev–Trinajstić information content (AvgIpc) is 2.73. The lowest BCUT2D eigenvalue weighted by Crippen LogP contribution is -2.38. The van der Waals surface area contributed by atoms with E-state index in [0.29, 0.717) is 11.2 Å². The number of ketones is 1. The number of fused-ring (bicyclic) bond motifs is 1. The molecule has 0 unspecified atom stereocenters. The summed E-state index contributed by atoms with van der Waals surface area (Å²) in [6.45, 7) is 3.70. The van der Waals surface area contributed by atoms with Crippen molar-refractivity contribution in [2.75, 3.05) is 13.1 Å². The Morgan fingerprint density at radius 3 is 2.48 bits per heavy atom. The van der Waals surface area contributed by atoms with Crippen LogP contribution in [0.5, 0.6) is 0 Å². The molecule has 27 heavy (non-hydrogen) atoms. The van der Waals surface area contributed by atoms with Crippen molar-refractivity contribution in [1.29, 1.82) is 0 Å². The fourth-order valence-corrected chi connectivity index (χ4v) is 3.86. The zero-order valence-corrected chi connectivity index (χ0v) is 15.4. The molecule has 3 aromatic rings. The van der Waals surface area contributed by atoms with Gasteiger partial charge < -0.3 is 4.98 Å². The number of rotatable bonds is 4. The molecule has 5 nitrogen and oxygen atoms in total. The normalized spacial score (nSPS) is 17.1. The predicted molar refractivity (Wildman–Crippen MR) is 106 cm³/mol. The molecule has 1 aliphatic rings. The molecule has 0 bridgehead atoms. The first-order chi connectivity index (χ1) is 13.1. The van der Waals surface area contributed by atoms with E-state index in [-0.39, 0.29) is 23.3 Å². The van der Waals surface area contributed by atoms with E-state index in [4.69, 9.17) is 0 Å². The molecule has 0 aliphatic carbocycles. The van der Waals surface area contributed by atoms with E-state index in [0.717, 1.165) is 37.0 Å². The monoisotopic (exact) mass is 361 g/mol. The molecule has 0 radical (unpaired) electrons. The van der Waals surface area contributed by atoms with Crippen LogP contribution in [0.2, 0.25) is 0 Å². The van der Waals surface area contributed by atoms with Crippen molar-refractivity contribution in [1.82, 2.24) is 14.9 Å². The summed E-state index contributed by atoms with van der Waals surface area (Å²) in [6.07, 6.45) is 1.66. The van der Waals surface area contributed by atoms with Crippen LogP contribution in [-0.4, -0.2) is 33.7 Å². The van der Waals surface area contributed by atoms with Crippen LogP contribution in [0.25, 0.3) is 10.9 Å². The molecular formula is C22H23N3O2. The topological polar surface area (TPSA) is 66.1 Å². The van der Waals surface area contributed by atoms with Crippen molar-refractivity contribution in [2.45, 2.75) is 25.8 Å². The van der Waals surface area contributed by atoms with E-state index in [2.05, 4.69) is 21.8 Å². The Bertz CT molecular complexity index is 1000. The highest BCUT2D eigenvalue weighted by molar-refractivity contribution is 5.97. The molecule has 0 spiro atoms. The number of aromatic amines is 1. The molecule has 0 saturated carbocycles. The average molecular weight is 361 g/mol. The largest absolute Gasteiger partial charge is 0.309 e. The summed E-state index contributed by atoms with van der Waals surface area (Å²) in [5.41, 5.74) is 1.42. The quantitative estimate of drug-likeness (QED) is 0.722. The van der Waals surface area contributed by atoms with Crippen LogP contribution >= 0.6 is 0 Å². The third-order valence-corrected chi connectivity index (χ3v) is 5.53. The molecule has 1 atom stereocenters. The minimum absolute atomic E-state index is 0.00934. The summed E-state index contributed by atoms with van der Waals surface area (Å²) in [6, 6.07) is 16.9. The van der Waals surface area contributed by atoms with Crippen LogP contribution in [0.3, 0.4) is 0 Å². The summed E-state index contributed by atoms with van der Waals surface area (Å²) in [5, 5.41) is 0.612. The molecule has 5 heteroatoms. The Kier molecular flexibility index (Phi) is 4.86. The number of hydrogen-bond donors (Lipinski definition) is 1. The Hall–Kier alpha value is -2.79. The van der Waals surface area contributed by atoms with Gasteiger partial charge in [0.2, 0.25) is 0 Å². The second-order valence-electron chi connectivity index (χ2n) is 7.18. The van der Waals surface area contributed by atoms with Crippen LogP contribution < -0.4 is 5.56 Å². The van der Waals surface area contributed by atoms with Gasteiger partial charge in [-0.15, -0.1) is 0 Å². The summed E-state index contributed by atoms with van der Waals surface area (Å²) >= 11 is 0. The number of nitrogens with zero attached hydrogens (tertiary/aromatic N) is 2. The van der Waals surface area contributed by atoms with E-state index in [1.165, 1.54) is 0 Å². The minimum atomic E-state index is -0.100. The van der Waals surface area contributed by atoms with Crippen LogP contribution in [0, 0.1) is 5.92 Å². The number of carbonyl (C=O) groups is 1. The minimum Gasteiger partial charge on any atom is -0.309 e. The number of para-hydroxylation sites is 1. The summed E-state index contributed by atoms with van der Waals surface area (Å²) in [4.78, 5) is 34.9. The number of nitrogens with one attached hydrogen (secondary N) is 1. The first kappa shape index (κ1) is 17.6. The smallest absolute Gasteiger partial charge is 0.258 e. The molecule has 1 fully saturated rings. The van der Waals surface area contributed by atoms with Crippen molar-refractivity contribution >= 4 is 16.7 Å². The maximum absolute atomic E-state index is 12.7. The van der Waals surface area contributed by atoms with Crippen molar-refractivity contribution < 1.29 is 4.79 Å².